The Labute approximate surface area is 125 Å². The zero-order valence-corrected chi connectivity index (χ0v) is 13.2. The molecule has 2 atom stereocenters. The second-order valence-electron chi connectivity index (χ2n) is 6.39. The van der Waals surface area contributed by atoms with Crippen molar-refractivity contribution in [3.8, 4) is 5.75 Å². The largest absolute Gasteiger partial charge is 0.485 e. The van der Waals surface area contributed by atoms with Crippen LogP contribution in [0.25, 0.3) is 0 Å². The van der Waals surface area contributed by atoms with Crippen molar-refractivity contribution in [2.45, 2.75) is 58.4 Å². The van der Waals surface area contributed by atoms with Crippen LogP contribution in [-0.2, 0) is 0 Å². The zero-order valence-electron chi connectivity index (χ0n) is 13.2. The van der Waals surface area contributed by atoms with Gasteiger partial charge in [-0.15, -0.1) is 0 Å². The fraction of sp³-hybridized carbons (Fsp3) is 0.562. The van der Waals surface area contributed by atoms with Gasteiger partial charge in [0.25, 0.3) is 0 Å². The number of rotatable bonds is 3. The molecule has 0 radical (unpaired) electrons. The Bertz CT molecular complexity index is 552. The van der Waals surface area contributed by atoms with Crippen LogP contribution in [0.5, 0.6) is 5.75 Å². The second-order valence-corrected chi connectivity index (χ2v) is 6.39. The lowest BCUT2D eigenvalue weighted by atomic mass is 9.85. The molecule has 116 valence electrons. The smallest absolute Gasteiger partial charge is 0.131 e. The first-order chi connectivity index (χ1) is 9.76. The van der Waals surface area contributed by atoms with Crippen LogP contribution in [0.4, 0.5) is 0 Å². The Balaban J connectivity index is 2.51. The number of benzene rings is 1. The van der Waals surface area contributed by atoms with Crippen molar-refractivity contribution < 1.29 is 15.1 Å². The number of hydrogen-bond donors (Lipinski definition) is 3. The highest BCUT2D eigenvalue weighted by Gasteiger charge is 2.43. The van der Waals surface area contributed by atoms with Crippen molar-refractivity contribution in [2.24, 2.45) is 5.16 Å². The van der Waals surface area contributed by atoms with Gasteiger partial charge in [-0.2, -0.15) is 0 Å². The molecule has 0 amide bonds. The van der Waals surface area contributed by atoms with Gasteiger partial charge in [0.1, 0.15) is 17.5 Å². The number of aliphatic hydroxyl groups is 1. The predicted octanol–water partition coefficient (Wildman–Crippen LogP) is 2.46. The van der Waals surface area contributed by atoms with Crippen molar-refractivity contribution >= 4 is 5.71 Å². The van der Waals surface area contributed by atoms with Crippen molar-refractivity contribution in [1.29, 1.82) is 0 Å². The van der Waals surface area contributed by atoms with E-state index < -0.39 is 11.7 Å². The highest BCUT2D eigenvalue weighted by Crippen LogP contribution is 2.40. The fourth-order valence-corrected chi connectivity index (χ4v) is 2.62. The molecule has 0 saturated carbocycles. The lowest BCUT2D eigenvalue weighted by Crippen LogP contribution is -2.53. The summed E-state index contributed by atoms with van der Waals surface area (Å²) in [5.41, 5.74) is 1.56. The third-order valence-electron chi connectivity index (χ3n) is 3.83. The number of fused-ring (bicyclic) bond motifs is 1. The van der Waals surface area contributed by atoms with E-state index in [1.54, 1.807) is 6.92 Å². The van der Waals surface area contributed by atoms with Crippen molar-refractivity contribution in [1.82, 2.24) is 5.32 Å². The van der Waals surface area contributed by atoms with Gasteiger partial charge in [-0.25, -0.2) is 0 Å². The van der Waals surface area contributed by atoms with Crippen LogP contribution in [0.1, 0.15) is 51.8 Å². The molecule has 2 rings (SSSR count). The summed E-state index contributed by atoms with van der Waals surface area (Å²) < 4.78 is 5.92. The van der Waals surface area contributed by atoms with Gasteiger partial charge in [-0.3, -0.25) is 0 Å². The van der Waals surface area contributed by atoms with E-state index in [9.17, 15) is 5.11 Å². The van der Waals surface area contributed by atoms with E-state index in [1.165, 1.54) is 0 Å². The number of oxime groups is 1. The molecular formula is C16H24N2O3. The Morgan fingerprint density at radius 2 is 2.05 bits per heavy atom. The molecule has 0 aliphatic carbocycles. The van der Waals surface area contributed by atoms with Crippen LogP contribution >= 0.6 is 0 Å². The van der Waals surface area contributed by atoms with Gasteiger partial charge in [0.2, 0.25) is 0 Å². The molecule has 0 bridgehead atoms. The number of ether oxygens (including phenoxy) is 1. The van der Waals surface area contributed by atoms with Crippen LogP contribution < -0.4 is 10.1 Å². The highest BCUT2D eigenvalue weighted by molar-refractivity contribution is 5.98. The zero-order chi connectivity index (χ0) is 15.8. The van der Waals surface area contributed by atoms with Crippen LogP contribution in [0.3, 0.4) is 0 Å². The summed E-state index contributed by atoms with van der Waals surface area (Å²) in [6.07, 6.45) is -0.672. The van der Waals surface area contributed by atoms with Gasteiger partial charge in [0.05, 0.1) is 11.8 Å². The van der Waals surface area contributed by atoms with Crippen LogP contribution in [0.15, 0.2) is 23.4 Å². The highest BCUT2D eigenvalue weighted by atomic mass is 16.5. The average Bonchev–Trinajstić information content (AvgIpc) is 2.42. The van der Waals surface area contributed by atoms with Gasteiger partial charge in [0, 0.05) is 11.6 Å². The maximum atomic E-state index is 10.6. The molecule has 1 aliphatic heterocycles. The quantitative estimate of drug-likeness (QED) is 0.454. The molecule has 5 heteroatoms. The molecule has 1 aromatic carbocycles. The Morgan fingerprint density at radius 1 is 1.38 bits per heavy atom. The summed E-state index contributed by atoms with van der Waals surface area (Å²) in [4.78, 5) is 0. The second kappa shape index (κ2) is 5.66. The summed E-state index contributed by atoms with van der Waals surface area (Å²) in [5, 5.41) is 26.2. The fourth-order valence-electron chi connectivity index (χ4n) is 2.62. The topological polar surface area (TPSA) is 74.1 Å². The van der Waals surface area contributed by atoms with Crippen LogP contribution in [0, 0.1) is 0 Å². The maximum Gasteiger partial charge on any atom is 0.131 e. The molecule has 0 aromatic heterocycles. The van der Waals surface area contributed by atoms with Gasteiger partial charge >= 0.3 is 0 Å². The number of hydrogen-bond acceptors (Lipinski definition) is 5. The summed E-state index contributed by atoms with van der Waals surface area (Å²) in [6.45, 7) is 9.57. The summed E-state index contributed by atoms with van der Waals surface area (Å²) in [7, 11) is 0. The van der Waals surface area contributed by atoms with E-state index in [1.807, 2.05) is 45.9 Å². The third kappa shape index (κ3) is 3.04. The Kier molecular flexibility index (Phi) is 4.25. The molecule has 0 saturated heterocycles. The first-order valence-electron chi connectivity index (χ1n) is 7.22. The minimum absolute atomic E-state index is 0.225. The van der Waals surface area contributed by atoms with Gasteiger partial charge in [-0.05, 0) is 44.5 Å². The SMILES string of the molecule is CC(=NO)c1ccc2c(c1)[C@@H](NC(C)C)[C@H](O)C(C)(C)O2. The normalized spacial score (nSPS) is 24.6. The number of nitrogens with one attached hydrogen (secondary N) is 1. The molecule has 3 N–H and O–H groups in total. The van der Waals surface area contributed by atoms with Crippen molar-refractivity contribution in [3.63, 3.8) is 0 Å². The Morgan fingerprint density at radius 3 is 2.62 bits per heavy atom. The molecule has 0 fully saturated rings. The summed E-state index contributed by atoms with van der Waals surface area (Å²) in [6, 6.07) is 5.62. The minimum atomic E-state index is -0.672. The predicted molar refractivity (Wildman–Crippen MR) is 82.2 cm³/mol. The van der Waals surface area contributed by atoms with Gasteiger partial charge < -0.3 is 20.4 Å². The van der Waals surface area contributed by atoms with E-state index in [4.69, 9.17) is 9.94 Å². The number of nitrogens with zero attached hydrogens (tertiary/aromatic N) is 1. The molecule has 1 aliphatic rings. The van der Waals surface area contributed by atoms with E-state index in [0.29, 0.717) is 5.71 Å². The molecule has 5 nitrogen and oxygen atoms in total. The molecule has 0 spiro atoms. The molecule has 1 heterocycles. The average molecular weight is 292 g/mol. The molecular weight excluding hydrogens is 268 g/mol. The van der Waals surface area contributed by atoms with Gasteiger partial charge in [0.15, 0.2) is 0 Å². The van der Waals surface area contributed by atoms with E-state index >= 15 is 0 Å². The minimum Gasteiger partial charge on any atom is -0.485 e. The van der Waals surface area contributed by atoms with E-state index in [-0.39, 0.29) is 12.1 Å². The molecule has 0 unspecified atom stereocenters. The summed E-state index contributed by atoms with van der Waals surface area (Å²) in [5.74, 6) is 0.748. The maximum absolute atomic E-state index is 10.6. The lowest BCUT2D eigenvalue weighted by Gasteiger charge is -2.43. The molecule has 21 heavy (non-hydrogen) atoms. The van der Waals surface area contributed by atoms with E-state index in [0.717, 1.165) is 16.9 Å². The number of aliphatic hydroxyl groups excluding tert-OH is 1. The lowest BCUT2D eigenvalue weighted by molar-refractivity contribution is -0.0658. The van der Waals surface area contributed by atoms with Crippen LogP contribution in [-0.4, -0.2) is 33.8 Å². The Hall–Kier alpha value is -1.59. The standard InChI is InChI=1S/C16H24N2O3/c1-9(2)17-14-12-8-11(10(3)18-20)6-7-13(12)21-16(4,5)15(14)19/h6-9,14-15,17,19-20H,1-5H3/t14-,15+/m1/s1. The third-order valence-corrected chi connectivity index (χ3v) is 3.83. The van der Waals surface area contributed by atoms with Crippen molar-refractivity contribution in [3.05, 3.63) is 29.3 Å². The first kappa shape index (κ1) is 15.8. The van der Waals surface area contributed by atoms with Gasteiger partial charge in [-0.1, -0.05) is 19.0 Å². The first-order valence-corrected chi connectivity index (χ1v) is 7.22. The molecule has 1 aromatic rings. The monoisotopic (exact) mass is 292 g/mol. The van der Waals surface area contributed by atoms with Crippen molar-refractivity contribution in [2.75, 3.05) is 0 Å². The summed E-state index contributed by atoms with van der Waals surface area (Å²) >= 11 is 0. The van der Waals surface area contributed by atoms with Crippen LogP contribution in [0.2, 0.25) is 0 Å². The van der Waals surface area contributed by atoms with E-state index in [2.05, 4.69) is 10.5 Å².